The number of amides is 1. The minimum Gasteiger partial charge on any atom is -0.379 e. The van der Waals surface area contributed by atoms with Crippen LogP contribution < -0.4 is 10.6 Å². The molecule has 6 heteroatoms. The van der Waals surface area contributed by atoms with Crippen LogP contribution in [0.2, 0.25) is 0 Å². The third kappa shape index (κ3) is 4.48. The molecule has 1 saturated heterocycles. The number of nitrogens with one attached hydrogen (secondary N) is 2. The van der Waals surface area contributed by atoms with E-state index in [2.05, 4.69) is 20.5 Å². The summed E-state index contributed by atoms with van der Waals surface area (Å²) in [5.41, 5.74) is 1.57. The Balaban J connectivity index is 1.45. The van der Waals surface area contributed by atoms with Crippen LogP contribution in [0.25, 0.3) is 10.9 Å². The maximum Gasteiger partial charge on any atom is 0.238 e. The monoisotopic (exact) mass is 314 g/mol. The Hall–Kier alpha value is -2.02. The average molecular weight is 314 g/mol. The standard InChI is InChI=1S/C17H22N4O2/c22-16(13-18-7-8-21-9-11-23-12-10-21)20-15-5-1-3-14-4-2-6-19-17(14)15/h1-6,18H,7-13H2,(H,20,22). The van der Waals surface area contributed by atoms with Crippen molar-refractivity contribution in [2.45, 2.75) is 0 Å². The lowest BCUT2D eigenvalue weighted by atomic mass is 10.2. The third-order valence-electron chi connectivity index (χ3n) is 3.90. The number of carbonyl (C=O) groups is 1. The van der Waals surface area contributed by atoms with Gasteiger partial charge in [0.15, 0.2) is 0 Å². The molecule has 1 fully saturated rings. The third-order valence-corrected chi connectivity index (χ3v) is 3.90. The van der Waals surface area contributed by atoms with Crippen molar-refractivity contribution < 1.29 is 9.53 Å². The largest absolute Gasteiger partial charge is 0.379 e. The number of rotatable bonds is 6. The van der Waals surface area contributed by atoms with Gasteiger partial charge in [-0.25, -0.2) is 0 Å². The van der Waals surface area contributed by atoms with Gasteiger partial charge in [-0.1, -0.05) is 18.2 Å². The molecule has 2 aromatic rings. The van der Waals surface area contributed by atoms with Crippen molar-refractivity contribution in [2.75, 3.05) is 51.3 Å². The summed E-state index contributed by atoms with van der Waals surface area (Å²) < 4.78 is 5.31. The first kappa shape index (κ1) is 15.9. The quantitative estimate of drug-likeness (QED) is 0.782. The topological polar surface area (TPSA) is 66.5 Å². The summed E-state index contributed by atoms with van der Waals surface area (Å²) in [6, 6.07) is 9.66. The van der Waals surface area contributed by atoms with Crippen molar-refractivity contribution in [3.05, 3.63) is 36.5 Å². The summed E-state index contributed by atoms with van der Waals surface area (Å²) in [5.74, 6) is -0.0508. The number of benzene rings is 1. The number of fused-ring (bicyclic) bond motifs is 1. The molecule has 1 aromatic carbocycles. The Kier molecular flexibility index (Phi) is 5.52. The number of anilines is 1. The second-order valence-electron chi connectivity index (χ2n) is 5.56. The molecule has 122 valence electrons. The first-order chi connectivity index (χ1) is 11.3. The smallest absolute Gasteiger partial charge is 0.238 e. The summed E-state index contributed by atoms with van der Waals surface area (Å²) in [4.78, 5) is 18.7. The van der Waals surface area contributed by atoms with E-state index >= 15 is 0 Å². The van der Waals surface area contributed by atoms with Gasteiger partial charge < -0.3 is 15.4 Å². The zero-order valence-corrected chi connectivity index (χ0v) is 13.1. The molecule has 0 radical (unpaired) electrons. The summed E-state index contributed by atoms with van der Waals surface area (Å²) in [5, 5.41) is 7.13. The van der Waals surface area contributed by atoms with Gasteiger partial charge in [0.25, 0.3) is 0 Å². The molecule has 3 rings (SSSR count). The van der Waals surface area contributed by atoms with Crippen molar-refractivity contribution in [3.8, 4) is 0 Å². The molecule has 23 heavy (non-hydrogen) atoms. The van der Waals surface area contributed by atoms with Gasteiger partial charge in [0.2, 0.25) is 5.91 Å². The molecule has 6 nitrogen and oxygen atoms in total. The van der Waals surface area contributed by atoms with E-state index in [0.29, 0.717) is 6.54 Å². The van der Waals surface area contributed by atoms with E-state index in [-0.39, 0.29) is 5.91 Å². The molecular weight excluding hydrogens is 292 g/mol. The van der Waals surface area contributed by atoms with Crippen molar-refractivity contribution >= 4 is 22.5 Å². The number of para-hydroxylation sites is 1. The zero-order valence-electron chi connectivity index (χ0n) is 13.1. The van der Waals surface area contributed by atoms with Gasteiger partial charge in [0, 0.05) is 37.8 Å². The number of nitrogens with zero attached hydrogens (tertiary/aromatic N) is 2. The molecular formula is C17H22N4O2. The molecule has 0 unspecified atom stereocenters. The van der Waals surface area contributed by atoms with Gasteiger partial charge in [-0.05, 0) is 12.1 Å². The Bertz CT molecular complexity index is 651. The molecule has 0 atom stereocenters. The molecule has 0 bridgehead atoms. The Morgan fingerprint density at radius 1 is 1.22 bits per heavy atom. The lowest BCUT2D eigenvalue weighted by Gasteiger charge is -2.26. The van der Waals surface area contributed by atoms with Gasteiger partial charge in [0.1, 0.15) is 0 Å². The van der Waals surface area contributed by atoms with E-state index < -0.39 is 0 Å². The van der Waals surface area contributed by atoms with E-state index in [4.69, 9.17) is 4.74 Å². The molecule has 1 aromatic heterocycles. The lowest BCUT2D eigenvalue weighted by molar-refractivity contribution is -0.115. The van der Waals surface area contributed by atoms with Gasteiger partial charge in [-0.2, -0.15) is 0 Å². The maximum absolute atomic E-state index is 12.1. The van der Waals surface area contributed by atoms with E-state index in [1.165, 1.54) is 0 Å². The highest BCUT2D eigenvalue weighted by molar-refractivity contribution is 6.00. The molecule has 2 heterocycles. The predicted octanol–water partition coefficient (Wildman–Crippen LogP) is 1.10. The summed E-state index contributed by atoms with van der Waals surface area (Å²) >= 11 is 0. The van der Waals surface area contributed by atoms with Crippen LogP contribution in [0.15, 0.2) is 36.5 Å². The number of morpholine rings is 1. The van der Waals surface area contributed by atoms with Crippen LogP contribution in [0.1, 0.15) is 0 Å². The van der Waals surface area contributed by atoms with Crippen LogP contribution in [-0.2, 0) is 9.53 Å². The molecule has 2 N–H and O–H groups in total. The fraction of sp³-hybridized carbons (Fsp3) is 0.412. The molecule has 0 saturated carbocycles. The zero-order chi connectivity index (χ0) is 15.9. The van der Waals surface area contributed by atoms with Crippen molar-refractivity contribution in [3.63, 3.8) is 0 Å². The Morgan fingerprint density at radius 3 is 2.91 bits per heavy atom. The Morgan fingerprint density at radius 2 is 2.04 bits per heavy atom. The molecule has 0 spiro atoms. The van der Waals surface area contributed by atoms with Crippen molar-refractivity contribution in [1.82, 2.24) is 15.2 Å². The SMILES string of the molecule is O=C(CNCCN1CCOCC1)Nc1cccc2cccnc12. The minimum absolute atomic E-state index is 0.0508. The number of hydrogen-bond acceptors (Lipinski definition) is 5. The van der Waals surface area contributed by atoms with E-state index in [1.54, 1.807) is 6.20 Å². The van der Waals surface area contributed by atoms with E-state index in [9.17, 15) is 4.79 Å². The van der Waals surface area contributed by atoms with Crippen LogP contribution in [0, 0.1) is 0 Å². The van der Waals surface area contributed by atoms with Crippen LogP contribution >= 0.6 is 0 Å². The number of pyridine rings is 1. The number of carbonyl (C=O) groups excluding carboxylic acids is 1. The van der Waals surface area contributed by atoms with Gasteiger partial charge >= 0.3 is 0 Å². The number of ether oxygens (including phenoxy) is 1. The van der Waals surface area contributed by atoms with Crippen LogP contribution in [0.3, 0.4) is 0 Å². The number of hydrogen-bond donors (Lipinski definition) is 2. The minimum atomic E-state index is -0.0508. The normalized spacial score (nSPS) is 15.7. The van der Waals surface area contributed by atoms with Gasteiger partial charge in [-0.15, -0.1) is 0 Å². The summed E-state index contributed by atoms with van der Waals surface area (Å²) in [6.07, 6.45) is 1.73. The summed E-state index contributed by atoms with van der Waals surface area (Å²) in [6.45, 7) is 5.56. The van der Waals surface area contributed by atoms with Crippen LogP contribution in [-0.4, -0.2) is 61.7 Å². The Labute approximate surface area is 135 Å². The van der Waals surface area contributed by atoms with Gasteiger partial charge in [0.05, 0.1) is 31.0 Å². The van der Waals surface area contributed by atoms with Gasteiger partial charge in [-0.3, -0.25) is 14.7 Å². The number of aromatic nitrogens is 1. The average Bonchev–Trinajstić information content (AvgIpc) is 2.60. The highest BCUT2D eigenvalue weighted by Gasteiger charge is 2.10. The molecule has 1 aliphatic rings. The van der Waals surface area contributed by atoms with E-state index in [1.807, 2.05) is 30.3 Å². The van der Waals surface area contributed by atoms with Crippen LogP contribution in [0.5, 0.6) is 0 Å². The summed E-state index contributed by atoms with van der Waals surface area (Å²) in [7, 11) is 0. The second kappa shape index (κ2) is 8.01. The molecule has 1 aliphatic heterocycles. The van der Waals surface area contributed by atoms with Crippen molar-refractivity contribution in [1.29, 1.82) is 0 Å². The highest BCUT2D eigenvalue weighted by atomic mass is 16.5. The predicted molar refractivity (Wildman–Crippen MR) is 90.5 cm³/mol. The molecule has 0 aliphatic carbocycles. The highest BCUT2D eigenvalue weighted by Crippen LogP contribution is 2.20. The maximum atomic E-state index is 12.1. The second-order valence-corrected chi connectivity index (χ2v) is 5.56. The van der Waals surface area contributed by atoms with Crippen molar-refractivity contribution in [2.24, 2.45) is 0 Å². The fourth-order valence-electron chi connectivity index (χ4n) is 2.66. The lowest BCUT2D eigenvalue weighted by Crippen LogP contribution is -2.41. The van der Waals surface area contributed by atoms with Crippen LogP contribution in [0.4, 0.5) is 5.69 Å². The fourth-order valence-corrected chi connectivity index (χ4v) is 2.66. The van der Waals surface area contributed by atoms with E-state index in [0.717, 1.165) is 56.0 Å². The first-order valence-corrected chi connectivity index (χ1v) is 7.97. The first-order valence-electron chi connectivity index (χ1n) is 7.97. The molecule has 1 amide bonds.